The van der Waals surface area contributed by atoms with Crippen LogP contribution in [0.2, 0.25) is 5.02 Å². The molecule has 0 amide bonds. The summed E-state index contributed by atoms with van der Waals surface area (Å²) in [6.45, 7) is 2.12. The highest BCUT2D eigenvalue weighted by Crippen LogP contribution is 2.19. The van der Waals surface area contributed by atoms with Crippen LogP contribution in [-0.2, 0) is 9.53 Å². The molecule has 4 heteroatoms. The molecule has 0 heterocycles. The highest BCUT2D eigenvalue weighted by atomic mass is 35.5. The molecule has 0 unspecified atom stereocenters. The first-order valence-electron chi connectivity index (χ1n) is 5.14. The third kappa shape index (κ3) is 4.80. The second-order valence-corrected chi connectivity index (χ2v) is 3.60. The molecule has 90 valence electrons. The molecule has 0 aliphatic heterocycles. The fourth-order valence-corrected chi connectivity index (χ4v) is 1.41. The minimum atomic E-state index is -0.325. The van der Waals surface area contributed by atoms with E-state index >= 15 is 0 Å². The van der Waals surface area contributed by atoms with Gasteiger partial charge in [-0.25, -0.2) is 0 Å². The number of esters is 1. The Kier molecular flexibility index (Phi) is 5.38. The predicted octanol–water partition coefficient (Wildman–Crippen LogP) is 2.65. The van der Waals surface area contributed by atoms with Crippen LogP contribution in [0.3, 0.4) is 0 Å². The molecule has 1 rings (SSSR count). The molecule has 0 bridgehead atoms. The Morgan fingerprint density at radius 3 is 2.82 bits per heavy atom. The summed E-state index contributed by atoms with van der Waals surface area (Å²) in [5, 5.41) is 0.546. The van der Waals surface area contributed by atoms with Crippen molar-refractivity contribution in [2.75, 3.05) is 13.7 Å². The van der Waals surface area contributed by atoms with Crippen LogP contribution in [-0.4, -0.2) is 19.7 Å². The van der Waals surface area contributed by atoms with Crippen LogP contribution in [0.1, 0.15) is 18.9 Å². The number of rotatable bonds is 3. The van der Waals surface area contributed by atoms with Crippen LogP contribution in [0.4, 0.5) is 0 Å². The van der Waals surface area contributed by atoms with Gasteiger partial charge in [0.1, 0.15) is 12.2 Å². The van der Waals surface area contributed by atoms with Crippen molar-refractivity contribution >= 4 is 17.6 Å². The lowest BCUT2D eigenvalue weighted by atomic mass is 10.2. The number of benzene rings is 1. The van der Waals surface area contributed by atoms with Crippen molar-refractivity contribution in [3.63, 3.8) is 0 Å². The monoisotopic (exact) mass is 252 g/mol. The second-order valence-electron chi connectivity index (χ2n) is 3.16. The van der Waals surface area contributed by atoms with Gasteiger partial charge in [-0.05, 0) is 25.1 Å². The highest BCUT2D eigenvalue weighted by molar-refractivity contribution is 6.30. The number of hydrogen-bond donors (Lipinski definition) is 0. The minimum Gasteiger partial charge on any atom is -0.497 e. The average Bonchev–Trinajstić information content (AvgIpc) is 2.28. The first-order chi connectivity index (χ1) is 8.15. The Morgan fingerprint density at radius 1 is 1.41 bits per heavy atom. The molecule has 3 nitrogen and oxygen atoms in total. The van der Waals surface area contributed by atoms with Gasteiger partial charge in [-0.1, -0.05) is 23.4 Å². The lowest BCUT2D eigenvalue weighted by Crippen LogP contribution is -2.01. The Morgan fingerprint density at radius 2 is 2.18 bits per heavy atom. The van der Waals surface area contributed by atoms with Crippen molar-refractivity contribution in [3.05, 3.63) is 28.8 Å². The number of halogens is 1. The summed E-state index contributed by atoms with van der Waals surface area (Å²) in [6.07, 6.45) is 0.0721. The van der Waals surface area contributed by atoms with E-state index in [0.29, 0.717) is 22.9 Å². The summed E-state index contributed by atoms with van der Waals surface area (Å²) in [5.41, 5.74) is 0.707. The zero-order valence-electron chi connectivity index (χ0n) is 9.75. The number of ether oxygens (including phenoxy) is 2. The van der Waals surface area contributed by atoms with Gasteiger partial charge in [0, 0.05) is 10.6 Å². The molecule has 0 aromatic heterocycles. The quantitative estimate of drug-likeness (QED) is 0.613. The zero-order valence-corrected chi connectivity index (χ0v) is 10.5. The van der Waals surface area contributed by atoms with E-state index in [0.717, 1.165) is 0 Å². The van der Waals surface area contributed by atoms with Crippen molar-refractivity contribution in [2.24, 2.45) is 0 Å². The molecule has 0 saturated heterocycles. The van der Waals surface area contributed by atoms with E-state index in [4.69, 9.17) is 21.1 Å². The average molecular weight is 253 g/mol. The van der Waals surface area contributed by atoms with Gasteiger partial charge in [0.05, 0.1) is 13.7 Å². The topological polar surface area (TPSA) is 35.5 Å². The third-order valence-corrected chi connectivity index (χ3v) is 2.10. The fourth-order valence-electron chi connectivity index (χ4n) is 1.18. The van der Waals surface area contributed by atoms with E-state index in [1.54, 1.807) is 32.2 Å². The van der Waals surface area contributed by atoms with E-state index in [1.165, 1.54) is 0 Å². The summed E-state index contributed by atoms with van der Waals surface area (Å²) in [5.74, 6) is 5.87. The maximum atomic E-state index is 11.0. The molecule has 1 aromatic carbocycles. The van der Waals surface area contributed by atoms with Gasteiger partial charge >= 0.3 is 5.97 Å². The Balaban J connectivity index is 2.71. The van der Waals surface area contributed by atoms with E-state index in [-0.39, 0.29) is 12.4 Å². The summed E-state index contributed by atoms with van der Waals surface area (Å²) in [6, 6.07) is 5.16. The molecule has 0 saturated carbocycles. The molecular formula is C13H13ClO3. The largest absolute Gasteiger partial charge is 0.497 e. The van der Waals surface area contributed by atoms with Gasteiger partial charge in [0.2, 0.25) is 0 Å². The fraction of sp³-hybridized carbons (Fsp3) is 0.308. The van der Waals surface area contributed by atoms with Crippen LogP contribution in [0, 0.1) is 11.8 Å². The van der Waals surface area contributed by atoms with Gasteiger partial charge < -0.3 is 9.47 Å². The Hall–Kier alpha value is -1.66. The number of methoxy groups -OCH3 is 1. The maximum Gasteiger partial charge on any atom is 0.317 e. The van der Waals surface area contributed by atoms with Crippen molar-refractivity contribution < 1.29 is 14.3 Å². The molecule has 0 atom stereocenters. The van der Waals surface area contributed by atoms with E-state index in [2.05, 4.69) is 11.8 Å². The highest BCUT2D eigenvalue weighted by Gasteiger charge is 1.98. The molecule has 0 fully saturated rings. The summed E-state index contributed by atoms with van der Waals surface area (Å²) in [4.78, 5) is 11.0. The maximum absolute atomic E-state index is 11.0. The molecule has 1 aromatic rings. The molecule has 0 aliphatic carbocycles. The number of carbonyl (C=O) groups is 1. The van der Waals surface area contributed by atoms with Crippen LogP contribution in [0.15, 0.2) is 18.2 Å². The Labute approximate surface area is 106 Å². The molecule has 0 spiro atoms. The first kappa shape index (κ1) is 13.4. The molecular weight excluding hydrogens is 240 g/mol. The zero-order chi connectivity index (χ0) is 12.7. The van der Waals surface area contributed by atoms with Crippen molar-refractivity contribution in [3.8, 4) is 17.6 Å². The van der Waals surface area contributed by atoms with Gasteiger partial charge in [-0.3, -0.25) is 4.79 Å². The predicted molar refractivity (Wildman–Crippen MR) is 66.1 cm³/mol. The normalized spacial score (nSPS) is 9.12. The molecule has 17 heavy (non-hydrogen) atoms. The van der Waals surface area contributed by atoms with Gasteiger partial charge in [0.25, 0.3) is 0 Å². The Bertz CT molecular complexity index is 457. The summed E-state index contributed by atoms with van der Waals surface area (Å²) >= 11 is 5.88. The molecule has 0 radical (unpaired) electrons. The number of carbonyl (C=O) groups excluding carboxylic acids is 1. The smallest absolute Gasteiger partial charge is 0.317 e. The summed E-state index contributed by atoms with van der Waals surface area (Å²) in [7, 11) is 1.56. The second kappa shape index (κ2) is 6.82. The van der Waals surface area contributed by atoms with Crippen LogP contribution >= 0.6 is 11.6 Å². The first-order valence-corrected chi connectivity index (χ1v) is 5.52. The van der Waals surface area contributed by atoms with Crippen LogP contribution < -0.4 is 4.74 Å². The van der Waals surface area contributed by atoms with Gasteiger partial charge in [-0.2, -0.15) is 0 Å². The van der Waals surface area contributed by atoms with E-state index in [1.807, 2.05) is 0 Å². The van der Waals surface area contributed by atoms with Crippen molar-refractivity contribution in [1.29, 1.82) is 0 Å². The van der Waals surface area contributed by atoms with Crippen LogP contribution in [0.5, 0.6) is 5.75 Å². The number of hydrogen-bond acceptors (Lipinski definition) is 3. The van der Waals surface area contributed by atoms with Crippen molar-refractivity contribution in [1.82, 2.24) is 0 Å². The minimum absolute atomic E-state index is 0.0721. The van der Waals surface area contributed by atoms with Crippen LogP contribution in [0.25, 0.3) is 0 Å². The standard InChI is InChI=1S/C13H13ClO3/c1-3-17-13(15)6-4-5-10-7-11(14)9-12(8-10)16-2/h7-9H,3,6H2,1-2H3. The lowest BCUT2D eigenvalue weighted by molar-refractivity contribution is -0.141. The summed E-state index contributed by atoms with van der Waals surface area (Å²) < 4.78 is 9.81. The lowest BCUT2D eigenvalue weighted by Gasteiger charge is -2.00. The van der Waals surface area contributed by atoms with E-state index < -0.39 is 0 Å². The SMILES string of the molecule is CCOC(=O)CC#Cc1cc(Cl)cc(OC)c1. The third-order valence-electron chi connectivity index (χ3n) is 1.88. The molecule has 0 aliphatic rings. The van der Waals surface area contributed by atoms with Crippen molar-refractivity contribution in [2.45, 2.75) is 13.3 Å². The van der Waals surface area contributed by atoms with Gasteiger partial charge in [0.15, 0.2) is 0 Å². The van der Waals surface area contributed by atoms with Gasteiger partial charge in [-0.15, -0.1) is 0 Å². The molecule has 0 N–H and O–H groups in total. The van der Waals surface area contributed by atoms with E-state index in [9.17, 15) is 4.79 Å².